The monoisotopic (exact) mass is 436 g/mol. The van der Waals surface area contributed by atoms with Crippen LogP contribution in [0.5, 0.6) is 5.75 Å². The molecule has 2 N–H and O–H groups in total. The third-order valence-electron chi connectivity index (χ3n) is 5.98. The molecule has 10 heteroatoms. The first kappa shape index (κ1) is 21.6. The van der Waals surface area contributed by atoms with Crippen LogP contribution in [0.4, 0.5) is 8.78 Å². The van der Waals surface area contributed by atoms with Crippen molar-refractivity contribution in [1.82, 2.24) is 20.1 Å². The van der Waals surface area contributed by atoms with Crippen molar-refractivity contribution in [2.24, 2.45) is 5.92 Å². The molecule has 0 aromatic carbocycles. The van der Waals surface area contributed by atoms with E-state index in [9.17, 15) is 18.7 Å². The van der Waals surface area contributed by atoms with Crippen LogP contribution in [-0.4, -0.2) is 75.5 Å². The van der Waals surface area contributed by atoms with Crippen LogP contribution in [0.3, 0.4) is 0 Å². The summed E-state index contributed by atoms with van der Waals surface area (Å²) in [6.45, 7) is 0.739. The Labute approximate surface area is 178 Å². The predicted octanol–water partition coefficient (Wildman–Crippen LogP) is 2.27. The molecule has 1 amide bonds. The van der Waals surface area contributed by atoms with Gasteiger partial charge in [-0.3, -0.25) is 14.9 Å². The molecule has 8 nitrogen and oxygen atoms in total. The zero-order valence-corrected chi connectivity index (χ0v) is 17.1. The smallest absolute Gasteiger partial charge is 0.352 e. The van der Waals surface area contributed by atoms with Crippen molar-refractivity contribution in [3.8, 4) is 17.1 Å². The quantitative estimate of drug-likeness (QED) is 0.721. The summed E-state index contributed by atoms with van der Waals surface area (Å²) in [5.41, 5.74) is -0.832. The molecule has 0 aliphatic carbocycles. The van der Waals surface area contributed by atoms with Gasteiger partial charge in [0.05, 0.1) is 24.2 Å². The fraction of sp³-hybridized carbons (Fsp3) is 0.571. The lowest BCUT2D eigenvalue weighted by molar-refractivity contribution is -0.221. The number of rotatable bonds is 6. The van der Waals surface area contributed by atoms with Gasteiger partial charge < -0.3 is 19.5 Å². The molecule has 2 fully saturated rings. The Balaban J connectivity index is 1.33. The number of pyridine rings is 1. The third kappa shape index (κ3) is 4.54. The van der Waals surface area contributed by atoms with Gasteiger partial charge in [-0.2, -0.15) is 13.9 Å². The second-order valence-electron chi connectivity index (χ2n) is 8.14. The maximum atomic E-state index is 14.9. The Morgan fingerprint density at radius 2 is 2.16 bits per heavy atom. The van der Waals surface area contributed by atoms with E-state index in [4.69, 9.17) is 9.47 Å². The van der Waals surface area contributed by atoms with Crippen LogP contribution < -0.4 is 4.74 Å². The Kier molecular flexibility index (Phi) is 6.19. The number of piperidine rings is 1. The van der Waals surface area contributed by atoms with Gasteiger partial charge in [0, 0.05) is 51.3 Å². The second kappa shape index (κ2) is 8.88. The van der Waals surface area contributed by atoms with Gasteiger partial charge in [-0.25, -0.2) is 0 Å². The summed E-state index contributed by atoms with van der Waals surface area (Å²) >= 11 is 0. The molecule has 168 valence electrons. The average molecular weight is 436 g/mol. The van der Waals surface area contributed by atoms with E-state index in [1.54, 1.807) is 24.5 Å². The number of H-pyrrole nitrogens is 1. The SMILES string of the molecule is O=C(N1CCC[C@@H](COc2ccc(-c3ccn[nH]3)nc2)C1)C(F)(F)C1(O)CCOCC1. The molecule has 2 saturated heterocycles. The predicted molar refractivity (Wildman–Crippen MR) is 107 cm³/mol. The van der Waals surface area contributed by atoms with E-state index in [1.807, 2.05) is 6.07 Å². The van der Waals surface area contributed by atoms with E-state index >= 15 is 0 Å². The molecule has 4 heterocycles. The Morgan fingerprint density at radius 3 is 2.84 bits per heavy atom. The number of aromatic nitrogens is 3. The first-order chi connectivity index (χ1) is 14.9. The van der Waals surface area contributed by atoms with Crippen LogP contribution in [0.15, 0.2) is 30.6 Å². The summed E-state index contributed by atoms with van der Waals surface area (Å²) in [6.07, 6.45) is 4.10. The number of hydrogen-bond acceptors (Lipinski definition) is 6. The van der Waals surface area contributed by atoms with Crippen LogP contribution in [0.1, 0.15) is 25.7 Å². The molecule has 4 rings (SSSR count). The first-order valence-electron chi connectivity index (χ1n) is 10.4. The van der Waals surface area contributed by atoms with Crippen molar-refractivity contribution >= 4 is 5.91 Å². The lowest BCUT2D eigenvalue weighted by Gasteiger charge is -2.41. The fourth-order valence-corrected chi connectivity index (χ4v) is 4.04. The summed E-state index contributed by atoms with van der Waals surface area (Å²) in [6, 6.07) is 5.39. The van der Waals surface area contributed by atoms with Gasteiger partial charge in [-0.05, 0) is 31.0 Å². The molecular weight excluding hydrogens is 410 g/mol. The van der Waals surface area contributed by atoms with E-state index in [0.29, 0.717) is 18.8 Å². The molecule has 1 atom stereocenters. The minimum atomic E-state index is -3.84. The first-order valence-corrected chi connectivity index (χ1v) is 10.4. The van der Waals surface area contributed by atoms with Crippen LogP contribution >= 0.6 is 0 Å². The second-order valence-corrected chi connectivity index (χ2v) is 8.14. The van der Waals surface area contributed by atoms with E-state index in [1.165, 1.54) is 0 Å². The zero-order valence-electron chi connectivity index (χ0n) is 17.1. The average Bonchev–Trinajstić information content (AvgIpc) is 3.33. The molecule has 2 aromatic heterocycles. The minimum absolute atomic E-state index is 0.0169. The van der Waals surface area contributed by atoms with Gasteiger partial charge in [0.15, 0.2) is 0 Å². The number of ether oxygens (including phenoxy) is 2. The molecule has 0 unspecified atom stereocenters. The number of carbonyl (C=O) groups excluding carboxylic acids is 1. The van der Waals surface area contributed by atoms with Gasteiger partial charge in [-0.15, -0.1) is 0 Å². The number of nitrogens with one attached hydrogen (secondary N) is 1. The highest BCUT2D eigenvalue weighted by Crippen LogP contribution is 2.39. The standard InChI is InChI=1S/C21H26F2N4O4/c22-21(23,20(29)6-10-30-11-7-20)19(28)27-9-1-2-15(13-27)14-31-16-3-4-17(24-12-16)18-5-8-25-26-18/h3-5,8,12,15,29H,1-2,6-7,9-11,13-14H2,(H,25,26)/t15-/m1/s1. The van der Waals surface area contributed by atoms with Crippen LogP contribution in [-0.2, 0) is 9.53 Å². The molecule has 31 heavy (non-hydrogen) atoms. The number of nitrogens with zero attached hydrogens (tertiary/aromatic N) is 3. The Bertz CT molecular complexity index is 870. The number of aromatic amines is 1. The van der Waals surface area contributed by atoms with Crippen molar-refractivity contribution in [1.29, 1.82) is 0 Å². The van der Waals surface area contributed by atoms with E-state index in [0.717, 1.165) is 22.7 Å². The molecule has 0 radical (unpaired) electrons. The number of amides is 1. The number of aliphatic hydroxyl groups is 1. The highest BCUT2D eigenvalue weighted by Gasteiger charge is 2.60. The molecule has 0 saturated carbocycles. The maximum Gasteiger partial charge on any atom is 0.352 e. The van der Waals surface area contributed by atoms with Gasteiger partial charge in [0.1, 0.15) is 11.4 Å². The van der Waals surface area contributed by atoms with Crippen LogP contribution in [0, 0.1) is 5.92 Å². The number of likely N-dealkylation sites (tertiary alicyclic amines) is 1. The number of hydrogen-bond donors (Lipinski definition) is 2. The van der Waals surface area contributed by atoms with E-state index < -0.39 is 17.4 Å². The van der Waals surface area contributed by atoms with Crippen LogP contribution in [0.25, 0.3) is 11.4 Å². The van der Waals surface area contributed by atoms with Crippen molar-refractivity contribution in [3.05, 3.63) is 30.6 Å². The van der Waals surface area contributed by atoms with Crippen molar-refractivity contribution in [2.75, 3.05) is 32.9 Å². The van der Waals surface area contributed by atoms with E-state index in [-0.39, 0.29) is 45.1 Å². The number of alkyl halides is 2. The lowest BCUT2D eigenvalue weighted by Crippen LogP contribution is -2.61. The van der Waals surface area contributed by atoms with E-state index in [2.05, 4.69) is 15.2 Å². The number of halogens is 2. The van der Waals surface area contributed by atoms with Crippen molar-refractivity contribution in [2.45, 2.75) is 37.2 Å². The summed E-state index contributed by atoms with van der Waals surface area (Å²) < 4.78 is 40.6. The lowest BCUT2D eigenvalue weighted by atomic mass is 9.86. The fourth-order valence-electron chi connectivity index (χ4n) is 4.04. The third-order valence-corrected chi connectivity index (χ3v) is 5.98. The van der Waals surface area contributed by atoms with Gasteiger partial charge in [0.25, 0.3) is 5.91 Å². The summed E-state index contributed by atoms with van der Waals surface area (Å²) in [5.74, 6) is -4.67. The Hall–Kier alpha value is -2.59. The highest BCUT2D eigenvalue weighted by atomic mass is 19.3. The van der Waals surface area contributed by atoms with Crippen molar-refractivity contribution < 1.29 is 28.2 Å². The zero-order chi connectivity index (χ0) is 21.9. The summed E-state index contributed by atoms with van der Waals surface area (Å²) in [7, 11) is 0. The molecule has 2 aromatic rings. The topological polar surface area (TPSA) is 101 Å². The number of carbonyl (C=O) groups is 1. The normalized spacial score (nSPS) is 21.6. The Morgan fingerprint density at radius 1 is 1.35 bits per heavy atom. The minimum Gasteiger partial charge on any atom is -0.492 e. The van der Waals surface area contributed by atoms with Gasteiger partial charge in [-0.1, -0.05) is 0 Å². The van der Waals surface area contributed by atoms with Gasteiger partial charge in [0.2, 0.25) is 0 Å². The van der Waals surface area contributed by atoms with Crippen molar-refractivity contribution in [3.63, 3.8) is 0 Å². The highest BCUT2D eigenvalue weighted by molar-refractivity contribution is 5.85. The molecule has 0 bridgehead atoms. The molecule has 0 spiro atoms. The van der Waals surface area contributed by atoms with Crippen LogP contribution in [0.2, 0.25) is 0 Å². The summed E-state index contributed by atoms with van der Waals surface area (Å²) in [5, 5.41) is 17.1. The molecule has 2 aliphatic heterocycles. The van der Waals surface area contributed by atoms with Gasteiger partial charge >= 0.3 is 5.92 Å². The summed E-state index contributed by atoms with van der Waals surface area (Å²) in [4.78, 5) is 18.1. The maximum absolute atomic E-state index is 14.9. The largest absolute Gasteiger partial charge is 0.492 e. The molecular formula is C21H26F2N4O4. The molecule has 2 aliphatic rings.